The van der Waals surface area contributed by atoms with E-state index in [1.54, 1.807) is 24.3 Å². The van der Waals surface area contributed by atoms with Crippen molar-refractivity contribution in [3.63, 3.8) is 0 Å². The van der Waals surface area contributed by atoms with Gasteiger partial charge in [0.05, 0.1) is 29.6 Å². The number of ether oxygens (including phenoxy) is 3. The highest BCUT2D eigenvalue weighted by molar-refractivity contribution is 8.26. The van der Waals surface area contributed by atoms with Crippen LogP contribution in [0, 0.1) is 10.1 Å². The molecule has 3 aliphatic rings. The molecular weight excluding hydrogens is 466 g/mol. The smallest absolute Gasteiger partial charge is 0.293 e. The number of fused-ring (bicyclic) bond motifs is 1. The molecule has 0 aromatic heterocycles. The van der Waals surface area contributed by atoms with E-state index in [4.69, 9.17) is 26.4 Å². The third-order valence-electron chi connectivity index (χ3n) is 5.50. The van der Waals surface area contributed by atoms with Crippen molar-refractivity contribution in [2.45, 2.75) is 6.54 Å². The number of rotatable bonds is 5. The second-order valence-corrected chi connectivity index (χ2v) is 9.24. The maximum atomic E-state index is 13.0. The number of thiocarbonyl (C=S) groups is 1. The highest BCUT2D eigenvalue weighted by Crippen LogP contribution is 2.37. The van der Waals surface area contributed by atoms with Gasteiger partial charge in [0, 0.05) is 19.2 Å². The van der Waals surface area contributed by atoms with Crippen LogP contribution in [0.15, 0.2) is 41.3 Å². The predicted molar refractivity (Wildman–Crippen MR) is 127 cm³/mol. The molecule has 33 heavy (non-hydrogen) atoms. The van der Waals surface area contributed by atoms with E-state index in [1.807, 2.05) is 17.0 Å². The molecule has 0 unspecified atom stereocenters. The highest BCUT2D eigenvalue weighted by Gasteiger charge is 2.32. The van der Waals surface area contributed by atoms with Crippen LogP contribution >= 0.6 is 24.0 Å². The summed E-state index contributed by atoms with van der Waals surface area (Å²) in [6.45, 7) is 2.74. The van der Waals surface area contributed by atoms with E-state index >= 15 is 0 Å². The minimum absolute atomic E-state index is 0.00138. The lowest BCUT2D eigenvalue weighted by atomic mass is 10.1. The maximum absolute atomic E-state index is 13.0. The van der Waals surface area contributed by atoms with Crippen LogP contribution in [0.5, 0.6) is 11.5 Å². The van der Waals surface area contributed by atoms with Crippen molar-refractivity contribution in [2.75, 3.05) is 38.0 Å². The Morgan fingerprint density at radius 3 is 2.70 bits per heavy atom. The van der Waals surface area contributed by atoms with Gasteiger partial charge in [-0.05, 0) is 35.4 Å². The zero-order valence-corrected chi connectivity index (χ0v) is 19.0. The average molecular weight is 486 g/mol. The fourth-order valence-corrected chi connectivity index (χ4v) is 5.11. The van der Waals surface area contributed by atoms with Crippen LogP contribution in [-0.4, -0.2) is 53.1 Å². The molecule has 0 atom stereocenters. The lowest BCUT2D eigenvalue weighted by molar-refractivity contribution is -0.384. The van der Waals surface area contributed by atoms with E-state index in [1.165, 1.54) is 22.7 Å². The number of nitrogens with zero attached hydrogens (tertiary/aromatic N) is 3. The molecule has 3 heterocycles. The minimum atomic E-state index is -0.396. The van der Waals surface area contributed by atoms with E-state index in [2.05, 4.69) is 0 Å². The average Bonchev–Trinajstić information content (AvgIpc) is 3.39. The number of hydrogen-bond donors (Lipinski definition) is 0. The van der Waals surface area contributed by atoms with Crippen LogP contribution in [0.25, 0.3) is 6.08 Å². The molecule has 9 nitrogen and oxygen atoms in total. The molecule has 2 saturated heterocycles. The monoisotopic (exact) mass is 485 g/mol. The number of carbonyl (C=O) groups is 1. The van der Waals surface area contributed by atoms with Crippen LogP contribution in [0.3, 0.4) is 0 Å². The van der Waals surface area contributed by atoms with E-state index in [-0.39, 0.29) is 18.4 Å². The quantitative estimate of drug-likeness (QED) is 0.273. The zero-order valence-electron chi connectivity index (χ0n) is 17.4. The molecule has 3 aliphatic heterocycles. The van der Waals surface area contributed by atoms with Gasteiger partial charge in [0.25, 0.3) is 11.6 Å². The number of nitro benzene ring substituents is 1. The van der Waals surface area contributed by atoms with Crippen molar-refractivity contribution >= 4 is 51.7 Å². The number of amides is 1. The van der Waals surface area contributed by atoms with E-state index in [0.29, 0.717) is 64.8 Å². The van der Waals surface area contributed by atoms with Gasteiger partial charge in [0.2, 0.25) is 6.79 Å². The maximum Gasteiger partial charge on any atom is 0.293 e. The molecule has 1 amide bonds. The van der Waals surface area contributed by atoms with E-state index in [0.717, 1.165) is 5.56 Å². The standard InChI is InChI=1S/C22H19N3O6S2/c26-21-20(33-22(32)24(21)12-15-2-4-18-19(10-15)31-13-30-18)11-14-1-3-16(17(9-14)25(27)28)23-5-7-29-8-6-23/h1-4,9-11H,5-8,12-13H2/b20-11-. The second-order valence-electron chi connectivity index (χ2n) is 7.56. The summed E-state index contributed by atoms with van der Waals surface area (Å²) >= 11 is 6.61. The molecule has 0 spiro atoms. The molecule has 2 aromatic rings. The number of anilines is 1. The summed E-state index contributed by atoms with van der Waals surface area (Å²) in [7, 11) is 0. The number of hydrogen-bond acceptors (Lipinski definition) is 9. The van der Waals surface area contributed by atoms with Crippen molar-refractivity contribution in [2.24, 2.45) is 0 Å². The predicted octanol–water partition coefficient (Wildman–Crippen LogP) is 3.56. The Labute approximate surface area is 199 Å². The zero-order chi connectivity index (χ0) is 22.9. The summed E-state index contributed by atoms with van der Waals surface area (Å²) in [5.74, 6) is 1.08. The van der Waals surface area contributed by atoms with Gasteiger partial charge < -0.3 is 19.1 Å². The number of thioether (sulfide) groups is 1. The summed E-state index contributed by atoms with van der Waals surface area (Å²) in [5, 5.41) is 11.7. The Bertz CT molecular complexity index is 1180. The van der Waals surface area contributed by atoms with Gasteiger partial charge >= 0.3 is 0 Å². The molecule has 5 rings (SSSR count). The van der Waals surface area contributed by atoms with Crippen molar-refractivity contribution in [1.82, 2.24) is 4.90 Å². The van der Waals surface area contributed by atoms with Gasteiger partial charge in [-0.25, -0.2) is 0 Å². The first kappa shape index (κ1) is 21.7. The topological polar surface area (TPSA) is 94.4 Å². The Hall–Kier alpha value is -3.15. The molecule has 0 radical (unpaired) electrons. The largest absolute Gasteiger partial charge is 0.454 e. The van der Waals surface area contributed by atoms with Crippen molar-refractivity contribution < 1.29 is 23.9 Å². The molecule has 11 heteroatoms. The van der Waals surface area contributed by atoms with Crippen LogP contribution in [0.4, 0.5) is 11.4 Å². The van der Waals surface area contributed by atoms with Gasteiger partial charge in [-0.15, -0.1) is 0 Å². The number of carbonyl (C=O) groups excluding carboxylic acids is 1. The highest BCUT2D eigenvalue weighted by atomic mass is 32.2. The minimum Gasteiger partial charge on any atom is -0.454 e. The molecule has 0 saturated carbocycles. The summed E-state index contributed by atoms with van der Waals surface area (Å²) in [4.78, 5) is 28.2. The number of morpholine rings is 1. The van der Waals surface area contributed by atoms with E-state index < -0.39 is 4.92 Å². The summed E-state index contributed by atoms with van der Waals surface area (Å²) in [6, 6.07) is 10.5. The van der Waals surface area contributed by atoms with Crippen LogP contribution < -0.4 is 14.4 Å². The first-order valence-electron chi connectivity index (χ1n) is 10.2. The Kier molecular flexibility index (Phi) is 5.92. The third-order valence-corrected chi connectivity index (χ3v) is 6.87. The lowest BCUT2D eigenvalue weighted by Gasteiger charge is -2.28. The van der Waals surface area contributed by atoms with Crippen molar-refractivity contribution in [1.29, 1.82) is 0 Å². The van der Waals surface area contributed by atoms with Crippen molar-refractivity contribution in [3.05, 3.63) is 62.5 Å². The molecule has 0 N–H and O–H groups in total. The van der Waals surface area contributed by atoms with Gasteiger partial charge in [-0.3, -0.25) is 19.8 Å². The van der Waals surface area contributed by atoms with Crippen LogP contribution in [0.1, 0.15) is 11.1 Å². The number of benzene rings is 2. The normalized spacial score (nSPS) is 19.0. The fourth-order valence-electron chi connectivity index (χ4n) is 3.86. The number of nitro groups is 1. The molecule has 0 aliphatic carbocycles. The van der Waals surface area contributed by atoms with Gasteiger partial charge in [-0.1, -0.05) is 36.1 Å². The Balaban J connectivity index is 1.37. The molecule has 2 fully saturated rings. The Morgan fingerprint density at radius 2 is 1.91 bits per heavy atom. The van der Waals surface area contributed by atoms with Gasteiger partial charge in [0.15, 0.2) is 11.5 Å². The second kappa shape index (κ2) is 9.00. The third kappa shape index (κ3) is 4.39. The first-order valence-corrected chi connectivity index (χ1v) is 11.5. The van der Waals surface area contributed by atoms with E-state index in [9.17, 15) is 14.9 Å². The van der Waals surface area contributed by atoms with Gasteiger partial charge in [-0.2, -0.15) is 0 Å². The van der Waals surface area contributed by atoms with Crippen molar-refractivity contribution in [3.8, 4) is 11.5 Å². The molecule has 170 valence electrons. The van der Waals surface area contributed by atoms with Gasteiger partial charge in [0.1, 0.15) is 10.0 Å². The lowest BCUT2D eigenvalue weighted by Crippen LogP contribution is -2.36. The summed E-state index contributed by atoms with van der Waals surface area (Å²) in [5.41, 5.74) is 1.99. The molecule has 0 bridgehead atoms. The molecule has 2 aromatic carbocycles. The van der Waals surface area contributed by atoms with Crippen LogP contribution in [-0.2, 0) is 16.1 Å². The Morgan fingerprint density at radius 1 is 1.12 bits per heavy atom. The SMILES string of the molecule is O=C1/C(=C/c2ccc(N3CCOCC3)c([N+](=O)[O-])c2)SC(=S)N1Cc1ccc2c(c1)OCO2. The van der Waals surface area contributed by atoms with Crippen LogP contribution in [0.2, 0.25) is 0 Å². The summed E-state index contributed by atoms with van der Waals surface area (Å²) < 4.78 is 16.5. The summed E-state index contributed by atoms with van der Waals surface area (Å²) in [6.07, 6.45) is 1.65. The molecular formula is C22H19N3O6S2. The first-order chi connectivity index (χ1) is 16.0. The fraction of sp³-hybridized carbons (Fsp3) is 0.273.